The quantitative estimate of drug-likeness (QED) is 0.00612. The van der Waals surface area contributed by atoms with Crippen molar-refractivity contribution in [2.45, 2.75) is 77.6 Å². The molecule has 0 spiro atoms. The fourth-order valence-corrected chi connectivity index (χ4v) is 15.1. The topological polar surface area (TPSA) is 596 Å². The van der Waals surface area contributed by atoms with Gasteiger partial charge in [-0.25, -0.2) is 15.0 Å². The van der Waals surface area contributed by atoms with Gasteiger partial charge in [0.2, 0.25) is 5.90 Å². The van der Waals surface area contributed by atoms with Gasteiger partial charge < -0.3 is 113 Å². The van der Waals surface area contributed by atoms with Gasteiger partial charge in [0.25, 0.3) is 22.7 Å². The number of aliphatic imine (C=N–C) groups is 1. The van der Waals surface area contributed by atoms with Gasteiger partial charge >= 0.3 is 0 Å². The maximum atomic E-state index is 11.1. The van der Waals surface area contributed by atoms with E-state index >= 15 is 0 Å². The molecular formula is C109H141Cl2N29O9. The van der Waals surface area contributed by atoms with Crippen LogP contribution in [0.4, 0.5) is 73.9 Å². The molecule has 1 aliphatic rings. The molecule has 1 aliphatic heterocycles. The predicted octanol–water partition coefficient (Wildman–Crippen LogP) is 13.7. The number of nitrogens with zero attached hydrogens (tertiary/aromatic N) is 15. The summed E-state index contributed by atoms with van der Waals surface area (Å²) in [6.07, 6.45) is 13.3. The molecular weight excluding hydrogens is 1930 g/mol. The number of likely N-dealkylation sites (N-methyl/N-ethyl adjacent to an activating group) is 1. The number of halogens is 2. The van der Waals surface area contributed by atoms with Crippen LogP contribution < -0.4 is 69.4 Å². The molecule has 0 amide bonds. The number of ether oxygens (including phenoxy) is 1. The van der Waals surface area contributed by atoms with E-state index in [-0.39, 0.29) is 63.8 Å². The Morgan fingerprint density at radius 2 is 0.758 bits per heavy atom. The minimum absolute atomic E-state index is 0. The van der Waals surface area contributed by atoms with E-state index in [1.54, 1.807) is 31.2 Å². The molecule has 790 valence electrons. The normalized spacial score (nSPS) is 11.0. The first kappa shape index (κ1) is 120. The molecule has 0 fully saturated rings. The molecule has 0 atom stereocenters. The third-order valence-electron chi connectivity index (χ3n) is 22.9. The largest absolute Gasteiger partial charge is 1.00 e. The van der Waals surface area contributed by atoms with Gasteiger partial charge in [0.15, 0.2) is 5.71 Å². The molecule has 15 aromatic rings. The summed E-state index contributed by atoms with van der Waals surface area (Å²) in [5, 5.41) is 55.4. The van der Waals surface area contributed by atoms with Gasteiger partial charge in [0.05, 0.1) is 99.7 Å². The Labute approximate surface area is 880 Å². The van der Waals surface area contributed by atoms with Crippen molar-refractivity contribution < 1.29 is 42.2 Å². The highest BCUT2D eigenvalue weighted by molar-refractivity contribution is 6.31. The number of anilines is 8. The fourth-order valence-electron chi connectivity index (χ4n) is 15.0. The van der Waals surface area contributed by atoms with E-state index in [0.29, 0.717) is 50.4 Å². The lowest BCUT2D eigenvalue weighted by Crippen LogP contribution is -3.00. The average Bonchev–Trinajstić information content (AvgIpc) is 1.64. The zero-order chi connectivity index (χ0) is 108. The molecule has 16 rings (SSSR count). The number of aromatic amines is 3. The maximum Gasteiger partial charge on any atom is 0.292 e. The van der Waals surface area contributed by atoms with Gasteiger partial charge in [-0.3, -0.25) is 61.3 Å². The molecule has 0 saturated heterocycles. The van der Waals surface area contributed by atoms with E-state index in [1.165, 1.54) is 83.5 Å². The third kappa shape index (κ3) is 39.8. The summed E-state index contributed by atoms with van der Waals surface area (Å²) in [4.78, 5) is 86.6. The second-order valence-electron chi connectivity index (χ2n) is 36.8. The van der Waals surface area contributed by atoms with E-state index in [2.05, 4.69) is 182 Å². The molecule has 40 heteroatoms. The molecule has 0 saturated carbocycles. The molecule has 4 aromatic heterocycles. The minimum atomic E-state index is -0.550. The monoisotopic (exact) mass is 2070 g/mol. The molecule has 38 nitrogen and oxygen atoms in total. The minimum Gasteiger partial charge on any atom is -1.00 e. The number of nitrogens with one attached hydrogen (secondary N) is 4. The highest BCUT2D eigenvalue weighted by atomic mass is 35.5. The van der Waals surface area contributed by atoms with Crippen LogP contribution in [0.2, 0.25) is 5.02 Å². The molecule has 5 heterocycles. The van der Waals surface area contributed by atoms with Crippen LogP contribution in [0, 0.1) is 45.9 Å². The Balaban J connectivity index is 0.000000234. The Morgan fingerprint density at radius 1 is 0.396 bits per heavy atom. The van der Waals surface area contributed by atoms with Gasteiger partial charge in [0, 0.05) is 89.7 Å². The molecule has 24 N–H and O–H groups in total. The number of nitro groups is 4. The van der Waals surface area contributed by atoms with Crippen molar-refractivity contribution in [3.8, 4) is 34.2 Å². The van der Waals surface area contributed by atoms with Crippen molar-refractivity contribution >= 4 is 136 Å². The summed E-state index contributed by atoms with van der Waals surface area (Å²) in [5.74, 6) is 2.53. The zero-order valence-corrected chi connectivity index (χ0v) is 88.7. The van der Waals surface area contributed by atoms with Crippen LogP contribution in [0.1, 0.15) is 89.2 Å². The smallest absolute Gasteiger partial charge is 0.292 e. The molecule has 0 unspecified atom stereocenters. The highest BCUT2D eigenvalue weighted by Gasteiger charge is 2.22. The molecule has 0 radical (unpaired) electrons. The van der Waals surface area contributed by atoms with Gasteiger partial charge in [-0.2, -0.15) is 0 Å². The number of nitrogen functional groups attached to an aromatic ring is 8. The number of benzene rings is 11. The van der Waals surface area contributed by atoms with Crippen LogP contribution in [0.15, 0.2) is 242 Å². The Morgan fingerprint density at radius 3 is 1.14 bits per heavy atom. The molecule has 0 bridgehead atoms. The van der Waals surface area contributed by atoms with E-state index < -0.39 is 19.7 Å². The summed E-state index contributed by atoms with van der Waals surface area (Å²) in [7, 11) is 26.3. The third-order valence-corrected chi connectivity index (χ3v) is 23.1. The van der Waals surface area contributed by atoms with E-state index in [0.717, 1.165) is 201 Å². The number of hydrogen-bond donors (Lipinski definition) is 14. The van der Waals surface area contributed by atoms with Crippen LogP contribution in [-0.4, -0.2) is 239 Å². The Hall–Kier alpha value is -15.9. The first-order valence-corrected chi connectivity index (χ1v) is 48.4. The lowest BCUT2D eigenvalue weighted by atomic mass is 10.0. The van der Waals surface area contributed by atoms with Crippen LogP contribution >= 0.6 is 11.6 Å². The van der Waals surface area contributed by atoms with Crippen LogP contribution in [0.5, 0.6) is 0 Å². The standard InChI is InChI=1S/C25H25N5.C18H21N5O2.C18H23N5.C11H17N3O2.C11H19N3.C8H9N3O2.C8H9NO.C6H5ClN2O2.C4H12N2.ClH/c1-30(2)13-5-6-17-8-10-22-23(14-17)29-25(28-22)18-9-11-20-19(15-18)16-24(27-20)21-7-3-4-12-26-21;1-22(2)9-3-4-12-5-8-15-16(10-12)21-18(20-15)13-6-7-14(19)17(11-13)23(24)25;1-23(2)9-3-4-12-5-8-16-17(10-12)22-18(21-16)13-6-7-14(19)15(20)11-13;1-13(2)7-3-4-9-5-6-11(14(15)16)10(12)8-9;1-14(2)7-3-4-9-5-6-10(12)11(13)8-9;1-5(9)6-2-3-7(10)8(4-6)11(12)13;1-10-8(9)7-5-3-2-4-6-7;7-4-1-2-6(9(10)11)5(8)3-4;1-6(2)4-3-5;/h3-4,7-12,14-15H,5-6,13,16H2,1-2H3,(H,28,29);5-8,10-11H,3-4,9,19H2,1-2H3,(H,20,21);5-8,10-11H,3-4,9,19-20H2,1-2H3,(H,21,22);5-6,8H,3-4,7,12H2,1-2H3;5-6,8H,3-4,7,12-13H2,1-2H3;2-4,9H,10H2,1H3;2-6,9H,1H3;1-3H,8H2;3-5H2,1-2H3;1H. The zero-order valence-electron chi connectivity index (χ0n) is 87.2. The van der Waals surface area contributed by atoms with Crippen molar-refractivity contribution in [3.05, 3.63) is 332 Å². The fraction of sp³-hybridized carbons (Fsp3) is 0.294. The number of hydrogen-bond acceptors (Lipinski definition) is 30. The number of aryl methyl sites for hydroxylation is 5. The second kappa shape index (κ2) is 60.3. The number of pyridine rings is 1. The second-order valence-corrected chi connectivity index (χ2v) is 37.2. The summed E-state index contributed by atoms with van der Waals surface area (Å²) in [6, 6.07) is 70.4. The number of fused-ring (bicyclic) bond motifs is 4. The van der Waals surface area contributed by atoms with E-state index in [9.17, 15) is 40.5 Å². The van der Waals surface area contributed by atoms with Crippen molar-refractivity contribution in [2.75, 3.05) is 183 Å². The molecule has 149 heavy (non-hydrogen) atoms. The van der Waals surface area contributed by atoms with Gasteiger partial charge in [-0.15, -0.1) is 0 Å². The van der Waals surface area contributed by atoms with Crippen molar-refractivity contribution in [1.82, 2.24) is 64.3 Å². The van der Waals surface area contributed by atoms with Crippen LogP contribution in [0.3, 0.4) is 0 Å². The summed E-state index contributed by atoms with van der Waals surface area (Å²) < 4.78 is 4.72. The molecule has 11 aromatic carbocycles. The maximum absolute atomic E-state index is 11.1. The van der Waals surface area contributed by atoms with E-state index in [4.69, 9.17) is 88.7 Å². The van der Waals surface area contributed by atoms with Crippen molar-refractivity contribution in [1.29, 1.82) is 5.41 Å². The number of rotatable bonds is 32. The lowest BCUT2D eigenvalue weighted by molar-refractivity contribution is -0.384. The van der Waals surface area contributed by atoms with Crippen molar-refractivity contribution in [3.63, 3.8) is 0 Å². The number of aromatic nitrogens is 7. The number of imidazole rings is 3. The highest BCUT2D eigenvalue weighted by Crippen LogP contribution is 2.36. The number of nitrogens with two attached hydrogens (primary N) is 10. The number of methoxy groups -OCH3 is 1. The summed E-state index contributed by atoms with van der Waals surface area (Å²) >= 11 is 5.52. The summed E-state index contributed by atoms with van der Waals surface area (Å²) in [5.41, 5.74) is 73.9. The number of H-pyrrole nitrogens is 3. The van der Waals surface area contributed by atoms with Gasteiger partial charge in [-0.05, 0) is 367 Å². The number of nitro benzene ring substituents is 4. The van der Waals surface area contributed by atoms with Gasteiger partial charge in [-0.1, -0.05) is 66.2 Å². The Bertz CT molecular complexity index is 6940. The van der Waals surface area contributed by atoms with Crippen LogP contribution in [0.25, 0.3) is 67.3 Å². The summed E-state index contributed by atoms with van der Waals surface area (Å²) in [6.45, 7) is 8.76. The Kier molecular flexibility index (Phi) is 48.5. The predicted molar refractivity (Wildman–Crippen MR) is 605 cm³/mol. The first-order valence-electron chi connectivity index (χ1n) is 48.0. The first-order chi connectivity index (χ1) is 70.4. The molecule has 0 aliphatic carbocycles. The van der Waals surface area contributed by atoms with Crippen LogP contribution in [-0.2, 0) is 43.3 Å². The SMILES string of the molecule is CC(=[NH2+])c1ccc(N)c([N+](=O)[O-])c1.CN(C)CCCc1ccc(N)c(N)c1.CN(C)CCCc1ccc([N+](=O)[O-])c(N)c1.CN(C)CCCc1ccc2nc(-c3ccc(N)c(N)c3)[nH]c2c1.CN(C)CCCc1ccc2nc(-c3ccc(N)c([N+](=O)[O-])c3)[nH]c2c1.CN(C)CCCc1ccc2nc(-c3ccc4c(c3)CC(c3ccccn3)=N4)[nH]c2c1.CN(C)CCN.COC(=N)c1ccccc1.Nc1cc(Cl)ccc1[N+](=O)[O-].[Cl-]. The van der Waals surface area contributed by atoms with Crippen molar-refractivity contribution in [2.24, 2.45) is 10.7 Å². The van der Waals surface area contributed by atoms with Gasteiger partial charge in [0.1, 0.15) is 40.2 Å². The lowest BCUT2D eigenvalue weighted by Gasteiger charge is -2.09. The van der Waals surface area contributed by atoms with E-state index in [1.807, 2.05) is 125 Å². The average molecular weight is 2070 g/mol.